The van der Waals surface area contributed by atoms with Gasteiger partial charge in [-0.25, -0.2) is 0 Å². The first-order valence-electron chi connectivity index (χ1n) is 5.07. The van der Waals surface area contributed by atoms with Gasteiger partial charge in [-0.1, -0.05) is 24.1 Å². The maximum Gasteiger partial charge on any atom is 0.0274 e. The predicted octanol–water partition coefficient (Wildman–Crippen LogP) is 2.09. The number of nitrogens with two attached hydrogens (primary N) is 1. The van der Waals surface area contributed by atoms with E-state index in [-0.39, 0.29) is 5.54 Å². The van der Waals surface area contributed by atoms with Crippen LogP contribution in [0.25, 0.3) is 0 Å². The minimum atomic E-state index is 0.127. The number of aryl methyl sites for hydroxylation is 1. The van der Waals surface area contributed by atoms with Gasteiger partial charge >= 0.3 is 0 Å². The Labute approximate surface area is 85.3 Å². The molecule has 0 aromatic heterocycles. The minimum Gasteiger partial charge on any atom is -0.325 e. The number of rotatable bonds is 3. The van der Waals surface area contributed by atoms with Gasteiger partial charge in [-0.15, -0.1) is 6.42 Å². The molecule has 0 radical (unpaired) electrons. The molecule has 72 valence electrons. The van der Waals surface area contributed by atoms with Crippen LogP contribution in [-0.4, -0.2) is 5.54 Å². The van der Waals surface area contributed by atoms with Gasteiger partial charge < -0.3 is 5.73 Å². The second-order valence-electron chi connectivity index (χ2n) is 4.16. The number of benzene rings is 1. The Hall–Kier alpha value is -1.26. The molecule has 1 fully saturated rings. The van der Waals surface area contributed by atoms with E-state index >= 15 is 0 Å². The van der Waals surface area contributed by atoms with Crippen molar-refractivity contribution >= 4 is 0 Å². The molecular weight excluding hydrogens is 170 g/mol. The largest absolute Gasteiger partial charge is 0.325 e. The van der Waals surface area contributed by atoms with Crippen LogP contribution in [0.1, 0.15) is 30.4 Å². The third-order valence-corrected chi connectivity index (χ3v) is 2.96. The van der Waals surface area contributed by atoms with Gasteiger partial charge in [0.05, 0.1) is 0 Å². The summed E-state index contributed by atoms with van der Waals surface area (Å²) in [4.78, 5) is 0. The highest BCUT2D eigenvalue weighted by Gasteiger charge is 2.37. The van der Waals surface area contributed by atoms with Crippen molar-refractivity contribution in [1.29, 1.82) is 0 Å². The summed E-state index contributed by atoms with van der Waals surface area (Å²) >= 11 is 0. The molecule has 1 heteroatoms. The highest BCUT2D eigenvalue weighted by atomic mass is 14.8. The van der Waals surface area contributed by atoms with Crippen LogP contribution >= 0.6 is 0 Å². The molecule has 1 nitrogen and oxygen atoms in total. The van der Waals surface area contributed by atoms with Crippen molar-refractivity contribution in [1.82, 2.24) is 0 Å². The standard InChI is InChI=1S/C13H15N/c1-2-11-5-3-4-6-12(11)7-8-13(14)9-10-13/h1,3-6H,7-10,14H2. The molecule has 1 saturated carbocycles. The van der Waals surface area contributed by atoms with Crippen LogP contribution in [0.5, 0.6) is 0 Å². The van der Waals surface area contributed by atoms with Crippen LogP contribution in [0.4, 0.5) is 0 Å². The maximum absolute atomic E-state index is 6.03. The summed E-state index contributed by atoms with van der Waals surface area (Å²) in [5.74, 6) is 2.71. The molecule has 0 heterocycles. The monoisotopic (exact) mass is 185 g/mol. The predicted molar refractivity (Wildman–Crippen MR) is 58.9 cm³/mol. The van der Waals surface area contributed by atoms with E-state index in [1.165, 1.54) is 18.4 Å². The van der Waals surface area contributed by atoms with E-state index in [1.807, 2.05) is 18.2 Å². The zero-order chi connectivity index (χ0) is 10.0. The zero-order valence-corrected chi connectivity index (χ0v) is 8.29. The van der Waals surface area contributed by atoms with E-state index in [2.05, 4.69) is 12.0 Å². The van der Waals surface area contributed by atoms with Gasteiger partial charge in [0, 0.05) is 11.1 Å². The molecule has 0 saturated heterocycles. The first kappa shape index (κ1) is 9.30. The Morgan fingerprint density at radius 3 is 2.71 bits per heavy atom. The molecule has 2 rings (SSSR count). The van der Waals surface area contributed by atoms with Crippen molar-refractivity contribution in [3.8, 4) is 12.3 Å². The van der Waals surface area contributed by atoms with E-state index in [9.17, 15) is 0 Å². The van der Waals surface area contributed by atoms with Crippen molar-refractivity contribution in [2.45, 2.75) is 31.2 Å². The van der Waals surface area contributed by atoms with Crippen LogP contribution in [0.2, 0.25) is 0 Å². The summed E-state index contributed by atoms with van der Waals surface area (Å²) in [5.41, 5.74) is 8.43. The Morgan fingerprint density at radius 1 is 1.36 bits per heavy atom. The van der Waals surface area contributed by atoms with E-state index in [0.29, 0.717) is 0 Å². The topological polar surface area (TPSA) is 26.0 Å². The minimum absolute atomic E-state index is 0.127. The van der Waals surface area contributed by atoms with Gasteiger partial charge in [0.15, 0.2) is 0 Å². The average molecular weight is 185 g/mol. The third kappa shape index (κ3) is 1.97. The molecule has 14 heavy (non-hydrogen) atoms. The lowest BCUT2D eigenvalue weighted by Crippen LogP contribution is -2.22. The van der Waals surface area contributed by atoms with Gasteiger partial charge in [0.1, 0.15) is 0 Å². The van der Waals surface area contributed by atoms with Gasteiger partial charge in [-0.2, -0.15) is 0 Å². The van der Waals surface area contributed by atoms with E-state index in [4.69, 9.17) is 12.2 Å². The highest BCUT2D eigenvalue weighted by molar-refractivity contribution is 5.39. The number of hydrogen-bond donors (Lipinski definition) is 1. The zero-order valence-electron chi connectivity index (χ0n) is 8.29. The summed E-state index contributed by atoms with van der Waals surface area (Å²) in [6.45, 7) is 0. The van der Waals surface area contributed by atoms with Crippen molar-refractivity contribution in [3.05, 3.63) is 35.4 Å². The number of hydrogen-bond acceptors (Lipinski definition) is 1. The van der Waals surface area contributed by atoms with E-state index < -0.39 is 0 Å². The molecule has 0 atom stereocenters. The van der Waals surface area contributed by atoms with Crippen molar-refractivity contribution in [3.63, 3.8) is 0 Å². The number of terminal acetylenes is 1. The Balaban J connectivity index is 2.05. The fourth-order valence-corrected chi connectivity index (χ4v) is 1.67. The quantitative estimate of drug-likeness (QED) is 0.717. The lowest BCUT2D eigenvalue weighted by atomic mass is 10.00. The van der Waals surface area contributed by atoms with Crippen LogP contribution in [0, 0.1) is 12.3 Å². The molecule has 0 amide bonds. The Kier molecular flexibility index (Phi) is 2.31. The molecule has 0 unspecified atom stereocenters. The SMILES string of the molecule is C#Cc1ccccc1CCC1(N)CC1. The molecule has 1 aliphatic rings. The Bertz CT molecular complexity index is 369. The van der Waals surface area contributed by atoms with Crippen molar-refractivity contribution in [2.75, 3.05) is 0 Å². The van der Waals surface area contributed by atoms with Crippen LogP contribution in [0.15, 0.2) is 24.3 Å². The van der Waals surface area contributed by atoms with Gasteiger partial charge in [0.25, 0.3) is 0 Å². The fourth-order valence-electron chi connectivity index (χ4n) is 1.67. The molecule has 0 bridgehead atoms. The summed E-state index contributed by atoms with van der Waals surface area (Å²) in [7, 11) is 0. The molecule has 1 aromatic carbocycles. The van der Waals surface area contributed by atoms with Crippen LogP contribution in [0.3, 0.4) is 0 Å². The molecule has 0 spiro atoms. The smallest absolute Gasteiger partial charge is 0.0274 e. The van der Waals surface area contributed by atoms with Crippen molar-refractivity contribution in [2.24, 2.45) is 5.73 Å². The second kappa shape index (κ2) is 3.48. The van der Waals surface area contributed by atoms with Crippen LogP contribution in [-0.2, 0) is 6.42 Å². The third-order valence-electron chi connectivity index (χ3n) is 2.96. The first-order chi connectivity index (χ1) is 6.73. The fraction of sp³-hybridized carbons (Fsp3) is 0.385. The molecule has 1 aliphatic carbocycles. The first-order valence-corrected chi connectivity index (χ1v) is 5.07. The van der Waals surface area contributed by atoms with Gasteiger partial charge in [0.2, 0.25) is 0 Å². The maximum atomic E-state index is 6.03. The van der Waals surface area contributed by atoms with Crippen LogP contribution < -0.4 is 5.73 Å². The summed E-state index contributed by atoms with van der Waals surface area (Å²) in [6, 6.07) is 8.10. The Morgan fingerprint density at radius 2 is 2.07 bits per heavy atom. The van der Waals surface area contributed by atoms with E-state index in [0.717, 1.165) is 18.4 Å². The summed E-state index contributed by atoms with van der Waals surface area (Å²) < 4.78 is 0. The van der Waals surface area contributed by atoms with Crippen molar-refractivity contribution < 1.29 is 0 Å². The lowest BCUT2D eigenvalue weighted by molar-refractivity contribution is 0.609. The lowest BCUT2D eigenvalue weighted by Gasteiger charge is -2.09. The average Bonchev–Trinajstić information content (AvgIpc) is 2.95. The van der Waals surface area contributed by atoms with E-state index in [1.54, 1.807) is 0 Å². The van der Waals surface area contributed by atoms with Gasteiger partial charge in [-0.3, -0.25) is 0 Å². The summed E-state index contributed by atoms with van der Waals surface area (Å²) in [6.07, 6.45) is 9.84. The molecule has 2 N–H and O–H groups in total. The molecule has 0 aliphatic heterocycles. The molecular formula is C13H15N. The second-order valence-corrected chi connectivity index (χ2v) is 4.16. The normalized spacial score (nSPS) is 17.4. The van der Waals surface area contributed by atoms with Gasteiger partial charge in [-0.05, 0) is 37.3 Å². The molecule has 1 aromatic rings. The highest BCUT2D eigenvalue weighted by Crippen LogP contribution is 2.36. The summed E-state index contributed by atoms with van der Waals surface area (Å²) in [5, 5.41) is 0.